The van der Waals surface area contributed by atoms with Gasteiger partial charge in [-0.1, -0.05) is 0 Å². The smallest absolute Gasteiger partial charge is 0.226 e. The maximum absolute atomic E-state index is 11.5. The molecule has 0 saturated carbocycles. The molecule has 17 heavy (non-hydrogen) atoms. The number of rotatable bonds is 7. The highest BCUT2D eigenvalue weighted by Crippen LogP contribution is 2.10. The number of amides is 1. The topological polar surface area (TPSA) is 73.6 Å². The van der Waals surface area contributed by atoms with Crippen LogP contribution in [-0.2, 0) is 14.3 Å². The summed E-state index contributed by atoms with van der Waals surface area (Å²) in [5.74, 6) is -0.0767. The molecule has 0 heterocycles. The molecule has 0 aliphatic rings. The number of anilines is 2. The van der Waals surface area contributed by atoms with E-state index in [1.165, 1.54) is 0 Å². The maximum Gasteiger partial charge on any atom is 0.226 e. The summed E-state index contributed by atoms with van der Waals surface area (Å²) >= 11 is 0. The molecule has 1 amide bonds. The number of benzene rings is 1. The normalized spacial score (nSPS) is 10.2. The summed E-state index contributed by atoms with van der Waals surface area (Å²) in [6, 6.07) is 7.01. The average molecular weight is 238 g/mol. The molecule has 94 valence electrons. The van der Waals surface area contributed by atoms with Crippen molar-refractivity contribution in [1.29, 1.82) is 0 Å². The van der Waals surface area contributed by atoms with E-state index in [0.29, 0.717) is 31.9 Å². The van der Waals surface area contributed by atoms with Crippen molar-refractivity contribution < 1.29 is 14.3 Å². The van der Waals surface area contributed by atoms with Crippen LogP contribution in [0.25, 0.3) is 0 Å². The summed E-state index contributed by atoms with van der Waals surface area (Å²) in [5.41, 5.74) is 6.95. The molecule has 0 bridgehead atoms. The molecule has 5 nitrogen and oxygen atoms in total. The van der Waals surface area contributed by atoms with E-state index in [1.54, 1.807) is 31.4 Å². The number of nitrogen functional groups attached to an aromatic ring is 1. The van der Waals surface area contributed by atoms with Crippen molar-refractivity contribution >= 4 is 17.3 Å². The summed E-state index contributed by atoms with van der Waals surface area (Å²) in [4.78, 5) is 11.5. The molecule has 0 fully saturated rings. The zero-order valence-electron chi connectivity index (χ0n) is 9.94. The predicted molar refractivity (Wildman–Crippen MR) is 66.8 cm³/mol. The van der Waals surface area contributed by atoms with Crippen LogP contribution in [0.4, 0.5) is 11.4 Å². The number of carbonyl (C=O) groups is 1. The third kappa shape index (κ3) is 5.89. The molecule has 3 N–H and O–H groups in total. The van der Waals surface area contributed by atoms with E-state index in [0.717, 1.165) is 5.69 Å². The van der Waals surface area contributed by atoms with Gasteiger partial charge < -0.3 is 20.5 Å². The van der Waals surface area contributed by atoms with Crippen molar-refractivity contribution in [2.75, 3.05) is 38.0 Å². The highest BCUT2D eigenvalue weighted by molar-refractivity contribution is 5.90. The molecule has 1 aromatic rings. The first-order chi connectivity index (χ1) is 8.22. The Kier molecular flexibility index (Phi) is 6.06. The van der Waals surface area contributed by atoms with Crippen LogP contribution in [0.15, 0.2) is 24.3 Å². The van der Waals surface area contributed by atoms with Crippen molar-refractivity contribution in [3.8, 4) is 0 Å². The standard InChI is InChI=1S/C12H18N2O3/c1-16-8-9-17-7-6-12(15)14-11-4-2-10(13)3-5-11/h2-5H,6-9,13H2,1H3,(H,14,15). The molecule has 0 spiro atoms. The lowest BCUT2D eigenvalue weighted by atomic mass is 10.3. The van der Waals surface area contributed by atoms with Crippen molar-refractivity contribution in [1.82, 2.24) is 0 Å². The Morgan fingerprint density at radius 1 is 1.24 bits per heavy atom. The Bertz CT molecular complexity index is 338. The molecule has 0 aliphatic carbocycles. The maximum atomic E-state index is 11.5. The third-order valence-electron chi connectivity index (χ3n) is 2.10. The molecular formula is C12H18N2O3. The Morgan fingerprint density at radius 2 is 1.94 bits per heavy atom. The van der Waals surface area contributed by atoms with Crippen LogP contribution in [0.1, 0.15) is 6.42 Å². The van der Waals surface area contributed by atoms with Crippen molar-refractivity contribution in [2.45, 2.75) is 6.42 Å². The van der Waals surface area contributed by atoms with Crippen LogP contribution in [0.2, 0.25) is 0 Å². The van der Waals surface area contributed by atoms with Crippen LogP contribution in [0, 0.1) is 0 Å². The van der Waals surface area contributed by atoms with Crippen LogP contribution in [0.3, 0.4) is 0 Å². The van der Waals surface area contributed by atoms with Gasteiger partial charge >= 0.3 is 0 Å². The number of ether oxygens (including phenoxy) is 2. The first kappa shape index (κ1) is 13.5. The molecule has 0 saturated heterocycles. The second-order valence-electron chi connectivity index (χ2n) is 3.53. The van der Waals surface area contributed by atoms with E-state index >= 15 is 0 Å². The molecule has 0 unspecified atom stereocenters. The van der Waals surface area contributed by atoms with Gasteiger partial charge in [-0.25, -0.2) is 0 Å². The fourth-order valence-electron chi connectivity index (χ4n) is 1.20. The van der Waals surface area contributed by atoms with Crippen LogP contribution >= 0.6 is 0 Å². The van der Waals surface area contributed by atoms with Crippen molar-refractivity contribution in [2.24, 2.45) is 0 Å². The predicted octanol–water partition coefficient (Wildman–Crippen LogP) is 1.26. The highest BCUT2D eigenvalue weighted by Gasteiger charge is 2.01. The molecule has 0 radical (unpaired) electrons. The number of carbonyl (C=O) groups excluding carboxylic acids is 1. The Hall–Kier alpha value is -1.59. The highest BCUT2D eigenvalue weighted by atomic mass is 16.5. The molecule has 5 heteroatoms. The van der Waals surface area contributed by atoms with E-state index in [4.69, 9.17) is 15.2 Å². The minimum atomic E-state index is -0.0767. The summed E-state index contributed by atoms with van der Waals surface area (Å²) in [5, 5.41) is 2.75. The Balaban J connectivity index is 2.18. The fraction of sp³-hybridized carbons (Fsp3) is 0.417. The van der Waals surface area contributed by atoms with Gasteiger partial charge in [-0.2, -0.15) is 0 Å². The summed E-state index contributed by atoms with van der Waals surface area (Å²) in [7, 11) is 1.61. The molecule has 0 aromatic heterocycles. The number of methoxy groups -OCH3 is 1. The van der Waals surface area contributed by atoms with Crippen LogP contribution in [0.5, 0.6) is 0 Å². The number of nitrogens with one attached hydrogen (secondary N) is 1. The van der Waals surface area contributed by atoms with Gasteiger partial charge in [-0.05, 0) is 24.3 Å². The van der Waals surface area contributed by atoms with E-state index < -0.39 is 0 Å². The third-order valence-corrected chi connectivity index (χ3v) is 2.10. The second kappa shape index (κ2) is 7.65. The molecule has 1 rings (SSSR count). The van der Waals surface area contributed by atoms with Crippen LogP contribution in [-0.4, -0.2) is 32.8 Å². The van der Waals surface area contributed by atoms with Gasteiger partial charge in [0.15, 0.2) is 0 Å². The minimum absolute atomic E-state index is 0.0767. The van der Waals surface area contributed by atoms with E-state index in [-0.39, 0.29) is 5.91 Å². The number of hydrogen-bond acceptors (Lipinski definition) is 4. The number of hydrogen-bond donors (Lipinski definition) is 2. The van der Waals surface area contributed by atoms with Gasteiger partial charge in [-0.3, -0.25) is 4.79 Å². The monoisotopic (exact) mass is 238 g/mol. The summed E-state index contributed by atoms with van der Waals surface area (Å²) in [6.07, 6.45) is 0.327. The summed E-state index contributed by atoms with van der Waals surface area (Å²) in [6.45, 7) is 1.44. The molecule has 1 aromatic carbocycles. The first-order valence-electron chi connectivity index (χ1n) is 5.44. The Morgan fingerprint density at radius 3 is 2.59 bits per heavy atom. The van der Waals surface area contributed by atoms with E-state index in [9.17, 15) is 4.79 Å². The summed E-state index contributed by atoms with van der Waals surface area (Å²) < 4.78 is 10.0. The average Bonchev–Trinajstić information content (AvgIpc) is 2.32. The Labute approximate surface area is 101 Å². The lowest BCUT2D eigenvalue weighted by Gasteiger charge is -2.06. The number of nitrogens with two attached hydrogens (primary N) is 1. The SMILES string of the molecule is COCCOCCC(=O)Nc1ccc(N)cc1. The van der Waals surface area contributed by atoms with Crippen molar-refractivity contribution in [3.05, 3.63) is 24.3 Å². The van der Waals surface area contributed by atoms with Gasteiger partial charge in [0.25, 0.3) is 0 Å². The zero-order valence-corrected chi connectivity index (χ0v) is 9.94. The minimum Gasteiger partial charge on any atom is -0.399 e. The van der Waals surface area contributed by atoms with Gasteiger partial charge in [0.1, 0.15) is 0 Å². The van der Waals surface area contributed by atoms with Gasteiger partial charge in [-0.15, -0.1) is 0 Å². The van der Waals surface area contributed by atoms with Gasteiger partial charge in [0.05, 0.1) is 26.2 Å². The van der Waals surface area contributed by atoms with Gasteiger partial charge in [0, 0.05) is 18.5 Å². The van der Waals surface area contributed by atoms with Crippen LogP contribution < -0.4 is 11.1 Å². The largest absolute Gasteiger partial charge is 0.399 e. The van der Waals surface area contributed by atoms with E-state index in [2.05, 4.69) is 5.32 Å². The lowest BCUT2D eigenvalue weighted by Crippen LogP contribution is -2.15. The van der Waals surface area contributed by atoms with Crippen molar-refractivity contribution in [3.63, 3.8) is 0 Å². The second-order valence-corrected chi connectivity index (χ2v) is 3.53. The zero-order chi connectivity index (χ0) is 12.5. The lowest BCUT2D eigenvalue weighted by molar-refractivity contribution is -0.117. The van der Waals surface area contributed by atoms with Gasteiger partial charge in [0.2, 0.25) is 5.91 Å². The molecular weight excluding hydrogens is 220 g/mol. The first-order valence-corrected chi connectivity index (χ1v) is 5.44. The fourth-order valence-corrected chi connectivity index (χ4v) is 1.20. The molecule has 0 atom stereocenters. The van der Waals surface area contributed by atoms with E-state index in [1.807, 2.05) is 0 Å². The molecule has 0 aliphatic heterocycles. The quantitative estimate of drug-likeness (QED) is 0.554.